The molecule has 1 saturated heterocycles. The van der Waals surface area contributed by atoms with Gasteiger partial charge in [-0.3, -0.25) is 0 Å². The molecule has 1 aromatic rings. The first kappa shape index (κ1) is 14.8. The zero-order valence-electron chi connectivity index (χ0n) is 12.5. The normalized spacial score (nSPS) is 26.4. The Kier molecular flexibility index (Phi) is 5.07. The molecule has 1 aliphatic carbocycles. The molecule has 4 heteroatoms. The number of carbonyl (C=O) groups is 1. The molecule has 0 radical (unpaired) electrons. The fourth-order valence-electron chi connectivity index (χ4n) is 3.42. The van der Waals surface area contributed by atoms with E-state index in [1.165, 1.54) is 38.5 Å². The molecule has 1 N–H and O–H groups in total. The maximum Gasteiger partial charge on any atom is 0.322 e. The molecule has 2 atom stereocenters. The van der Waals surface area contributed by atoms with Crippen LogP contribution in [0.25, 0.3) is 0 Å². The van der Waals surface area contributed by atoms with Crippen molar-refractivity contribution in [2.75, 3.05) is 17.6 Å². The predicted octanol–water partition coefficient (Wildman–Crippen LogP) is 4.36. The molecule has 2 aliphatic rings. The smallest absolute Gasteiger partial charge is 0.320 e. The summed E-state index contributed by atoms with van der Waals surface area (Å²) in [7, 11) is 0. The Hall–Kier alpha value is -1.16. The minimum atomic E-state index is 0.0806. The van der Waals surface area contributed by atoms with Gasteiger partial charge in [0, 0.05) is 29.3 Å². The van der Waals surface area contributed by atoms with Gasteiger partial charge in [-0.1, -0.05) is 43.9 Å². The molecule has 2 fully saturated rings. The molecule has 2 amide bonds. The van der Waals surface area contributed by atoms with E-state index in [0.717, 1.165) is 18.0 Å². The molecule has 114 valence electrons. The zero-order chi connectivity index (χ0) is 14.5. The SMILES string of the molecule is O=C(Nc1ccccc1)N1CCSC2CCCCCCC21. The highest BCUT2D eigenvalue weighted by Crippen LogP contribution is 2.34. The first-order valence-corrected chi connectivity index (χ1v) is 9.14. The number of benzene rings is 1. The lowest BCUT2D eigenvalue weighted by atomic mass is 9.95. The van der Waals surface area contributed by atoms with Crippen molar-refractivity contribution in [3.8, 4) is 0 Å². The summed E-state index contributed by atoms with van der Waals surface area (Å²) in [5, 5.41) is 3.70. The predicted molar refractivity (Wildman–Crippen MR) is 89.9 cm³/mol. The number of anilines is 1. The van der Waals surface area contributed by atoms with Crippen molar-refractivity contribution in [2.45, 2.75) is 49.8 Å². The number of rotatable bonds is 1. The molecule has 3 rings (SSSR count). The number of thioether (sulfide) groups is 1. The lowest BCUT2D eigenvalue weighted by Crippen LogP contribution is -2.52. The van der Waals surface area contributed by atoms with Gasteiger partial charge < -0.3 is 10.2 Å². The molecule has 2 unspecified atom stereocenters. The Morgan fingerprint density at radius 2 is 1.86 bits per heavy atom. The number of nitrogens with zero attached hydrogens (tertiary/aromatic N) is 1. The summed E-state index contributed by atoms with van der Waals surface area (Å²) in [6, 6.07) is 10.3. The maximum atomic E-state index is 12.6. The van der Waals surface area contributed by atoms with Crippen molar-refractivity contribution >= 4 is 23.5 Å². The molecule has 1 heterocycles. The van der Waals surface area contributed by atoms with Gasteiger partial charge in [0.15, 0.2) is 0 Å². The van der Waals surface area contributed by atoms with Gasteiger partial charge >= 0.3 is 6.03 Å². The van der Waals surface area contributed by atoms with Crippen LogP contribution in [0.3, 0.4) is 0 Å². The lowest BCUT2D eigenvalue weighted by Gasteiger charge is -2.42. The van der Waals surface area contributed by atoms with Gasteiger partial charge in [0.05, 0.1) is 0 Å². The van der Waals surface area contributed by atoms with Crippen LogP contribution in [-0.2, 0) is 0 Å². The number of fused-ring (bicyclic) bond motifs is 1. The van der Waals surface area contributed by atoms with E-state index in [1.54, 1.807) is 0 Å². The summed E-state index contributed by atoms with van der Waals surface area (Å²) in [6.45, 7) is 0.879. The first-order chi connectivity index (χ1) is 10.3. The quantitative estimate of drug-likeness (QED) is 0.836. The molecule has 1 aromatic carbocycles. The van der Waals surface area contributed by atoms with E-state index in [0.29, 0.717) is 11.3 Å². The summed E-state index contributed by atoms with van der Waals surface area (Å²) < 4.78 is 0. The maximum absolute atomic E-state index is 12.6. The van der Waals surface area contributed by atoms with Gasteiger partial charge in [-0.25, -0.2) is 4.79 Å². The highest BCUT2D eigenvalue weighted by molar-refractivity contribution is 8.00. The minimum absolute atomic E-state index is 0.0806. The third-order valence-electron chi connectivity index (χ3n) is 4.52. The van der Waals surface area contributed by atoms with Gasteiger partial charge in [0.25, 0.3) is 0 Å². The number of urea groups is 1. The van der Waals surface area contributed by atoms with Crippen molar-refractivity contribution in [1.29, 1.82) is 0 Å². The van der Waals surface area contributed by atoms with Crippen LogP contribution in [0.15, 0.2) is 30.3 Å². The van der Waals surface area contributed by atoms with Crippen molar-refractivity contribution in [1.82, 2.24) is 4.90 Å². The Labute approximate surface area is 131 Å². The molecule has 1 saturated carbocycles. The third-order valence-corrected chi connectivity index (χ3v) is 5.91. The Morgan fingerprint density at radius 3 is 2.67 bits per heavy atom. The van der Waals surface area contributed by atoms with E-state index in [9.17, 15) is 4.79 Å². The van der Waals surface area contributed by atoms with Crippen LogP contribution in [0.4, 0.5) is 10.5 Å². The number of nitrogens with one attached hydrogen (secondary N) is 1. The van der Waals surface area contributed by atoms with E-state index in [4.69, 9.17) is 0 Å². The number of carbonyl (C=O) groups excluding carboxylic acids is 1. The van der Waals surface area contributed by atoms with E-state index in [-0.39, 0.29) is 6.03 Å². The highest BCUT2D eigenvalue weighted by Gasteiger charge is 2.34. The largest absolute Gasteiger partial charge is 0.322 e. The zero-order valence-corrected chi connectivity index (χ0v) is 13.3. The van der Waals surface area contributed by atoms with E-state index >= 15 is 0 Å². The van der Waals surface area contributed by atoms with Gasteiger partial charge in [0.2, 0.25) is 0 Å². The Bertz CT molecular complexity index is 465. The van der Waals surface area contributed by atoms with Gasteiger partial charge in [0.1, 0.15) is 0 Å². The molecule has 21 heavy (non-hydrogen) atoms. The van der Waals surface area contributed by atoms with Crippen LogP contribution < -0.4 is 5.32 Å². The summed E-state index contributed by atoms with van der Waals surface area (Å²) >= 11 is 2.08. The lowest BCUT2D eigenvalue weighted by molar-refractivity contribution is 0.177. The molecule has 3 nitrogen and oxygen atoms in total. The average Bonchev–Trinajstić information content (AvgIpc) is 2.48. The number of para-hydroxylation sites is 1. The van der Waals surface area contributed by atoms with E-state index in [2.05, 4.69) is 22.0 Å². The number of hydrogen-bond acceptors (Lipinski definition) is 2. The van der Waals surface area contributed by atoms with Crippen LogP contribution in [0.1, 0.15) is 38.5 Å². The highest BCUT2D eigenvalue weighted by atomic mass is 32.2. The Morgan fingerprint density at radius 1 is 1.10 bits per heavy atom. The van der Waals surface area contributed by atoms with Crippen LogP contribution >= 0.6 is 11.8 Å². The minimum Gasteiger partial charge on any atom is -0.320 e. The summed E-state index contributed by atoms with van der Waals surface area (Å²) in [6.07, 6.45) is 7.70. The summed E-state index contributed by atoms with van der Waals surface area (Å²) in [4.78, 5) is 14.7. The average molecular weight is 304 g/mol. The fourth-order valence-corrected chi connectivity index (χ4v) is 4.86. The second kappa shape index (κ2) is 7.21. The van der Waals surface area contributed by atoms with Crippen LogP contribution in [0, 0.1) is 0 Å². The van der Waals surface area contributed by atoms with Gasteiger partial charge in [-0.05, 0) is 25.0 Å². The number of amides is 2. The molecule has 1 aliphatic heterocycles. The fraction of sp³-hybridized carbons (Fsp3) is 0.588. The van der Waals surface area contributed by atoms with Crippen LogP contribution in [-0.4, -0.2) is 34.5 Å². The number of hydrogen-bond donors (Lipinski definition) is 1. The molecular formula is C17H24N2OS. The van der Waals surface area contributed by atoms with Crippen LogP contribution in [0.2, 0.25) is 0 Å². The summed E-state index contributed by atoms with van der Waals surface area (Å²) in [5.74, 6) is 1.07. The molecular weight excluding hydrogens is 280 g/mol. The monoisotopic (exact) mass is 304 g/mol. The van der Waals surface area contributed by atoms with Gasteiger partial charge in [-0.15, -0.1) is 0 Å². The molecule has 0 bridgehead atoms. The second-order valence-corrected chi connectivity index (χ2v) is 7.30. The van der Waals surface area contributed by atoms with Crippen molar-refractivity contribution in [3.63, 3.8) is 0 Å². The van der Waals surface area contributed by atoms with E-state index in [1.807, 2.05) is 30.3 Å². The van der Waals surface area contributed by atoms with Crippen molar-refractivity contribution in [2.24, 2.45) is 0 Å². The van der Waals surface area contributed by atoms with Crippen molar-refractivity contribution < 1.29 is 4.79 Å². The van der Waals surface area contributed by atoms with E-state index < -0.39 is 0 Å². The van der Waals surface area contributed by atoms with Crippen LogP contribution in [0.5, 0.6) is 0 Å². The van der Waals surface area contributed by atoms with Crippen molar-refractivity contribution in [3.05, 3.63) is 30.3 Å². The standard InChI is InChI=1S/C17H24N2OS/c20-17(18-14-8-4-3-5-9-14)19-12-13-21-16-11-7-2-1-6-10-15(16)19/h3-5,8-9,15-16H,1-2,6-7,10-13H2,(H,18,20). The molecule has 0 spiro atoms. The second-order valence-electron chi connectivity index (χ2n) is 5.96. The summed E-state index contributed by atoms with van der Waals surface area (Å²) in [5.41, 5.74) is 0.892. The molecule has 0 aromatic heterocycles. The first-order valence-electron chi connectivity index (χ1n) is 8.09. The van der Waals surface area contributed by atoms with Gasteiger partial charge in [-0.2, -0.15) is 11.8 Å². The third kappa shape index (κ3) is 3.73. The topological polar surface area (TPSA) is 32.3 Å². The Balaban J connectivity index is 1.68.